The summed E-state index contributed by atoms with van der Waals surface area (Å²) in [5.41, 5.74) is 3.97. The molecule has 3 aliphatic rings. The lowest BCUT2D eigenvalue weighted by atomic mass is 9.73. The number of nitrogens with zero attached hydrogens (tertiary/aromatic N) is 1. The maximum absolute atomic E-state index is 13.8. The Balaban J connectivity index is 1.63. The number of ether oxygens (including phenoxy) is 1. The lowest BCUT2D eigenvalue weighted by Crippen LogP contribution is -2.46. The Kier molecular flexibility index (Phi) is 5.71. The first-order chi connectivity index (χ1) is 15.9. The highest BCUT2D eigenvalue weighted by Crippen LogP contribution is 2.48. The van der Waals surface area contributed by atoms with Gasteiger partial charge < -0.3 is 15.4 Å². The molecule has 0 unspecified atom stereocenters. The zero-order valence-electron chi connectivity index (χ0n) is 19.3. The van der Waals surface area contributed by atoms with Crippen LogP contribution in [0.25, 0.3) is 0 Å². The molecule has 1 saturated heterocycles. The molecule has 2 N–H and O–H groups in total. The van der Waals surface area contributed by atoms with E-state index >= 15 is 0 Å². The van der Waals surface area contributed by atoms with Crippen molar-refractivity contribution in [2.75, 3.05) is 23.4 Å². The Bertz CT molecular complexity index is 1090. The summed E-state index contributed by atoms with van der Waals surface area (Å²) in [6.45, 7) is 5.44. The number of amides is 2. The minimum Gasteiger partial charge on any atom is -0.376 e. The number of ketones is 1. The fourth-order valence-corrected chi connectivity index (χ4v) is 5.25. The number of allylic oxidation sites excluding steroid dienone is 1. The number of hydrogen-bond acceptors (Lipinski definition) is 4. The molecule has 0 radical (unpaired) electrons. The normalized spacial score (nSPS) is 23.9. The molecule has 0 spiro atoms. The highest BCUT2D eigenvalue weighted by atomic mass is 16.5. The van der Waals surface area contributed by atoms with Crippen molar-refractivity contribution in [3.63, 3.8) is 0 Å². The number of urea groups is 1. The van der Waals surface area contributed by atoms with Gasteiger partial charge in [0.15, 0.2) is 5.78 Å². The summed E-state index contributed by atoms with van der Waals surface area (Å²) >= 11 is 0. The third-order valence-corrected chi connectivity index (χ3v) is 6.74. The third kappa shape index (κ3) is 4.27. The molecule has 6 heteroatoms. The van der Waals surface area contributed by atoms with E-state index in [1.54, 1.807) is 4.90 Å². The summed E-state index contributed by atoms with van der Waals surface area (Å²) in [5.74, 6) is 0.0901. The number of para-hydroxylation sites is 2. The van der Waals surface area contributed by atoms with E-state index in [9.17, 15) is 9.59 Å². The molecule has 6 nitrogen and oxygen atoms in total. The van der Waals surface area contributed by atoms with Gasteiger partial charge in [0.1, 0.15) is 0 Å². The second-order valence-electron chi connectivity index (χ2n) is 9.98. The summed E-state index contributed by atoms with van der Waals surface area (Å²) in [6, 6.07) is 16.9. The minimum atomic E-state index is -0.509. The number of Topliss-reactive ketones (excluding diaryl/α,β-unsaturated/α-hetero) is 1. The molecule has 172 valence electrons. The van der Waals surface area contributed by atoms with Crippen LogP contribution in [0.5, 0.6) is 0 Å². The average molecular weight is 446 g/mol. The number of carbonyl (C=O) groups excluding carboxylic acids is 2. The minimum absolute atomic E-state index is 0.0383. The molecular weight excluding hydrogens is 414 g/mol. The van der Waals surface area contributed by atoms with Crippen molar-refractivity contribution in [1.29, 1.82) is 0 Å². The highest BCUT2D eigenvalue weighted by molar-refractivity contribution is 6.06. The fourth-order valence-electron chi connectivity index (χ4n) is 5.25. The topological polar surface area (TPSA) is 70.7 Å². The zero-order chi connectivity index (χ0) is 23.0. The zero-order valence-corrected chi connectivity index (χ0v) is 19.3. The fraction of sp³-hybridized carbons (Fsp3) is 0.407. The molecule has 2 heterocycles. The highest BCUT2D eigenvalue weighted by Gasteiger charge is 2.43. The van der Waals surface area contributed by atoms with Crippen molar-refractivity contribution in [2.45, 2.75) is 51.7 Å². The van der Waals surface area contributed by atoms with E-state index in [0.29, 0.717) is 18.5 Å². The van der Waals surface area contributed by atoms with Crippen LogP contribution >= 0.6 is 0 Å². The molecule has 2 amide bonds. The second kappa shape index (κ2) is 8.67. The number of fused-ring (bicyclic) bond motifs is 1. The van der Waals surface area contributed by atoms with Crippen molar-refractivity contribution in [2.24, 2.45) is 5.41 Å². The molecule has 2 aliphatic heterocycles. The van der Waals surface area contributed by atoms with Gasteiger partial charge >= 0.3 is 6.03 Å². The maximum atomic E-state index is 13.8. The first kappa shape index (κ1) is 21.7. The Morgan fingerprint density at radius 1 is 1.12 bits per heavy atom. The smallest absolute Gasteiger partial charge is 0.322 e. The van der Waals surface area contributed by atoms with Gasteiger partial charge in [-0.15, -0.1) is 0 Å². The quantitative estimate of drug-likeness (QED) is 0.682. The van der Waals surface area contributed by atoms with Crippen LogP contribution in [-0.2, 0) is 9.53 Å². The van der Waals surface area contributed by atoms with Crippen molar-refractivity contribution < 1.29 is 14.3 Å². The van der Waals surface area contributed by atoms with Crippen molar-refractivity contribution in [1.82, 2.24) is 5.32 Å². The van der Waals surface area contributed by atoms with Gasteiger partial charge in [-0.1, -0.05) is 56.3 Å². The molecule has 0 bridgehead atoms. The number of anilines is 2. The second-order valence-corrected chi connectivity index (χ2v) is 9.98. The van der Waals surface area contributed by atoms with Gasteiger partial charge in [-0.3, -0.25) is 9.69 Å². The Morgan fingerprint density at radius 2 is 1.88 bits per heavy atom. The van der Waals surface area contributed by atoms with Crippen LogP contribution in [0.3, 0.4) is 0 Å². The number of nitrogens with one attached hydrogen (secondary N) is 2. The van der Waals surface area contributed by atoms with Crippen LogP contribution in [0.15, 0.2) is 65.9 Å². The summed E-state index contributed by atoms with van der Waals surface area (Å²) in [5, 5.41) is 6.63. The summed E-state index contributed by atoms with van der Waals surface area (Å²) < 4.78 is 5.71. The maximum Gasteiger partial charge on any atom is 0.322 e. The van der Waals surface area contributed by atoms with Crippen LogP contribution in [-0.4, -0.2) is 31.1 Å². The van der Waals surface area contributed by atoms with E-state index in [1.807, 2.05) is 54.6 Å². The van der Waals surface area contributed by atoms with E-state index in [1.165, 1.54) is 0 Å². The molecule has 2 aromatic rings. The van der Waals surface area contributed by atoms with Gasteiger partial charge in [0.05, 0.1) is 23.5 Å². The lowest BCUT2D eigenvalue weighted by Gasteiger charge is -2.37. The van der Waals surface area contributed by atoms with Crippen LogP contribution in [0.1, 0.15) is 51.1 Å². The predicted octanol–water partition coefficient (Wildman–Crippen LogP) is 5.19. The number of carbonyl (C=O) groups is 2. The Morgan fingerprint density at radius 3 is 2.64 bits per heavy atom. The van der Waals surface area contributed by atoms with Gasteiger partial charge in [-0.05, 0) is 42.4 Å². The molecule has 0 aromatic heterocycles. The predicted molar refractivity (Wildman–Crippen MR) is 129 cm³/mol. The van der Waals surface area contributed by atoms with Gasteiger partial charge in [0, 0.05) is 30.8 Å². The largest absolute Gasteiger partial charge is 0.376 e. The molecule has 0 saturated carbocycles. The van der Waals surface area contributed by atoms with Gasteiger partial charge in [0.2, 0.25) is 0 Å². The Hall–Kier alpha value is -3.12. The number of benzene rings is 2. The van der Waals surface area contributed by atoms with Gasteiger partial charge in [-0.25, -0.2) is 4.79 Å². The van der Waals surface area contributed by atoms with Crippen LogP contribution in [0, 0.1) is 5.41 Å². The summed E-state index contributed by atoms with van der Waals surface area (Å²) in [6.07, 6.45) is 3.21. The van der Waals surface area contributed by atoms with Crippen molar-refractivity contribution >= 4 is 23.2 Å². The van der Waals surface area contributed by atoms with E-state index < -0.39 is 6.04 Å². The first-order valence-electron chi connectivity index (χ1n) is 11.8. The monoisotopic (exact) mass is 445 g/mol. The van der Waals surface area contributed by atoms with Crippen LogP contribution < -0.4 is 15.5 Å². The summed E-state index contributed by atoms with van der Waals surface area (Å²) in [4.78, 5) is 29.1. The van der Waals surface area contributed by atoms with Crippen molar-refractivity contribution in [3.8, 4) is 0 Å². The van der Waals surface area contributed by atoms with E-state index in [4.69, 9.17) is 4.74 Å². The first-order valence-corrected chi connectivity index (χ1v) is 11.8. The molecule has 5 rings (SSSR count). The van der Waals surface area contributed by atoms with Gasteiger partial charge in [0.25, 0.3) is 0 Å². The Labute approximate surface area is 195 Å². The van der Waals surface area contributed by atoms with Crippen molar-refractivity contribution in [3.05, 3.63) is 71.4 Å². The number of hydrogen-bond donors (Lipinski definition) is 2. The lowest BCUT2D eigenvalue weighted by molar-refractivity contribution is -0.118. The number of rotatable bonds is 3. The van der Waals surface area contributed by atoms with E-state index in [-0.39, 0.29) is 23.3 Å². The molecule has 1 fully saturated rings. The average Bonchev–Trinajstić information content (AvgIpc) is 3.26. The molecule has 2 aromatic carbocycles. The SMILES string of the molecule is CC1(C)CC(=O)C2=C(C1)Nc1ccccc1N(C(=O)NC[C@@H]1CCCO1)[C@H]2c1ccccc1. The molecular formula is C27H31N3O3. The van der Waals surface area contributed by atoms with E-state index in [0.717, 1.165) is 48.5 Å². The standard InChI is InChI=1S/C27H31N3O3/c1-27(2)15-21-24(23(31)16-27)25(18-9-4-3-5-10-18)30(22-13-7-6-12-20(22)29-21)26(32)28-17-19-11-8-14-33-19/h3-7,9-10,12-13,19,25,29H,8,11,14-17H2,1-2H3,(H,28,32)/t19-,25-/m0/s1. The van der Waals surface area contributed by atoms with Crippen LogP contribution in [0.4, 0.5) is 16.2 Å². The van der Waals surface area contributed by atoms with E-state index in [2.05, 4.69) is 24.5 Å². The third-order valence-electron chi connectivity index (χ3n) is 6.74. The molecule has 2 atom stereocenters. The molecule has 33 heavy (non-hydrogen) atoms. The summed E-state index contributed by atoms with van der Waals surface area (Å²) in [7, 11) is 0. The van der Waals surface area contributed by atoms with Crippen LogP contribution in [0.2, 0.25) is 0 Å². The van der Waals surface area contributed by atoms with Gasteiger partial charge in [-0.2, -0.15) is 0 Å². The molecule has 1 aliphatic carbocycles.